The molecular weight excluding hydrogens is 304 g/mol. The molecule has 1 N–H and O–H groups in total. The quantitative estimate of drug-likeness (QED) is 0.799. The van der Waals surface area contributed by atoms with Crippen LogP contribution in [0.25, 0.3) is 0 Å². The number of hydrogen-bond acceptors (Lipinski definition) is 5. The highest BCUT2D eigenvalue weighted by Gasteiger charge is 2.27. The molecule has 2 rings (SSSR count). The second-order valence-corrected chi connectivity index (χ2v) is 4.36. The van der Waals surface area contributed by atoms with Crippen molar-refractivity contribution >= 4 is 39.2 Å². The summed E-state index contributed by atoms with van der Waals surface area (Å²) in [5.74, 6) is 0. The zero-order valence-corrected chi connectivity index (χ0v) is 14.0. The van der Waals surface area contributed by atoms with Crippen LogP contribution in [0.3, 0.4) is 0 Å². The van der Waals surface area contributed by atoms with Crippen molar-refractivity contribution in [1.82, 2.24) is 9.80 Å². The minimum absolute atomic E-state index is 0. The number of cyclic esters (lactones) is 2. The fourth-order valence-corrected chi connectivity index (χ4v) is 1.61. The molecule has 0 spiro atoms. The van der Waals surface area contributed by atoms with Gasteiger partial charge < -0.3 is 24.4 Å². The van der Waals surface area contributed by atoms with Crippen molar-refractivity contribution in [2.45, 2.75) is 25.6 Å². The highest BCUT2D eigenvalue weighted by molar-refractivity contribution is 7.59. The van der Waals surface area contributed by atoms with Crippen LogP contribution in [0.2, 0.25) is 0 Å². The van der Waals surface area contributed by atoms with Gasteiger partial charge in [0.1, 0.15) is 12.2 Å². The number of hydrogen-bond donors (Lipinski definition) is 1. The average molecular weight is 328 g/mol. The summed E-state index contributed by atoms with van der Waals surface area (Å²) < 4.78 is 9.57. The Hall–Kier alpha value is -0.800. The Balaban J connectivity index is 0. The summed E-state index contributed by atoms with van der Waals surface area (Å²) in [6, 6.07) is 0. The second-order valence-electron chi connectivity index (χ2n) is 4.36. The minimum atomic E-state index is -0.353. The van der Waals surface area contributed by atoms with E-state index >= 15 is 0 Å². The SMILES string of the molecule is CC[C@@H]1CN(C)C(=O)O1.CN1C[C@@H](CO)OC1=O.S.S. The van der Waals surface area contributed by atoms with Gasteiger partial charge in [-0.15, -0.1) is 0 Å². The number of rotatable bonds is 2. The number of nitrogens with zero attached hydrogens (tertiary/aromatic N) is 2. The fraction of sp³-hybridized carbons (Fsp3) is 0.818. The topological polar surface area (TPSA) is 79.3 Å². The molecule has 2 saturated heterocycles. The van der Waals surface area contributed by atoms with Gasteiger partial charge in [0.15, 0.2) is 0 Å². The first-order valence-corrected chi connectivity index (χ1v) is 5.92. The zero-order chi connectivity index (χ0) is 13.7. The molecule has 2 heterocycles. The van der Waals surface area contributed by atoms with Crippen LogP contribution < -0.4 is 0 Å². The largest absolute Gasteiger partial charge is 0.444 e. The van der Waals surface area contributed by atoms with Gasteiger partial charge in [-0.25, -0.2) is 9.59 Å². The third-order valence-corrected chi connectivity index (χ3v) is 2.77. The van der Waals surface area contributed by atoms with Crippen LogP contribution in [-0.4, -0.2) is 73.1 Å². The van der Waals surface area contributed by atoms with Crippen LogP contribution in [0, 0.1) is 0 Å². The van der Waals surface area contributed by atoms with Crippen LogP contribution in [-0.2, 0) is 9.47 Å². The summed E-state index contributed by atoms with van der Waals surface area (Å²) in [7, 11) is 3.38. The van der Waals surface area contributed by atoms with E-state index in [1.807, 2.05) is 6.92 Å². The molecule has 0 saturated carbocycles. The Labute approximate surface area is 133 Å². The summed E-state index contributed by atoms with van der Waals surface area (Å²) >= 11 is 0. The first kappa shape index (κ1) is 21.5. The second kappa shape index (κ2) is 10.0. The predicted molar refractivity (Wildman–Crippen MR) is 83.9 cm³/mol. The van der Waals surface area contributed by atoms with Crippen molar-refractivity contribution in [1.29, 1.82) is 0 Å². The summed E-state index contributed by atoms with van der Waals surface area (Å²) in [6.07, 6.45) is 0.178. The first-order chi connectivity index (χ1) is 8.47. The lowest BCUT2D eigenvalue weighted by Crippen LogP contribution is -2.20. The molecule has 2 aliphatic rings. The maximum absolute atomic E-state index is 10.6. The molecule has 2 fully saturated rings. The molecular formula is C11H24N2O5S2. The number of aliphatic hydroxyl groups excluding tert-OH is 1. The predicted octanol–water partition coefficient (Wildman–Crippen LogP) is 0.502. The van der Waals surface area contributed by atoms with Crippen molar-refractivity contribution in [3.63, 3.8) is 0 Å². The Morgan fingerprint density at radius 2 is 1.45 bits per heavy atom. The Morgan fingerprint density at radius 3 is 1.60 bits per heavy atom. The first-order valence-electron chi connectivity index (χ1n) is 5.92. The standard InChI is InChI=1S/C6H11NO2.C5H9NO3.2H2S/c1-3-5-4-7(2)6(8)9-5;1-6-2-4(3-7)9-5(6)8;;/h5H,3-4H2,1-2H3;4,7H,2-3H2,1H3;2*1H2/t5-;4-;;/m10../s1. The van der Waals surface area contributed by atoms with Gasteiger partial charge in [-0.3, -0.25) is 0 Å². The Morgan fingerprint density at radius 1 is 1.05 bits per heavy atom. The van der Waals surface area contributed by atoms with Gasteiger partial charge in [-0.1, -0.05) is 6.92 Å². The molecule has 120 valence electrons. The average Bonchev–Trinajstić information content (AvgIpc) is 2.84. The van der Waals surface area contributed by atoms with E-state index in [2.05, 4.69) is 4.74 Å². The smallest absolute Gasteiger partial charge is 0.410 e. The van der Waals surface area contributed by atoms with Crippen molar-refractivity contribution in [3.8, 4) is 0 Å². The van der Waals surface area contributed by atoms with Gasteiger partial charge in [0.2, 0.25) is 0 Å². The van der Waals surface area contributed by atoms with Crippen LogP contribution in [0.5, 0.6) is 0 Å². The third kappa shape index (κ3) is 6.10. The van der Waals surface area contributed by atoms with E-state index < -0.39 is 0 Å². The molecule has 0 aliphatic carbocycles. The molecule has 20 heavy (non-hydrogen) atoms. The fourth-order valence-electron chi connectivity index (χ4n) is 1.61. The van der Waals surface area contributed by atoms with Gasteiger partial charge in [-0.2, -0.15) is 27.0 Å². The number of likely N-dealkylation sites (N-methyl/N-ethyl adjacent to an activating group) is 2. The molecule has 0 aromatic rings. The van der Waals surface area contributed by atoms with Crippen LogP contribution >= 0.6 is 27.0 Å². The van der Waals surface area contributed by atoms with E-state index in [-0.39, 0.29) is 58.0 Å². The van der Waals surface area contributed by atoms with Gasteiger partial charge in [0, 0.05) is 14.1 Å². The number of ether oxygens (including phenoxy) is 2. The van der Waals surface area contributed by atoms with Gasteiger partial charge in [-0.05, 0) is 6.42 Å². The third-order valence-electron chi connectivity index (χ3n) is 2.77. The van der Waals surface area contributed by atoms with E-state index in [1.54, 1.807) is 19.0 Å². The maximum Gasteiger partial charge on any atom is 0.410 e. The van der Waals surface area contributed by atoms with Crippen LogP contribution in [0.4, 0.5) is 9.59 Å². The summed E-state index contributed by atoms with van der Waals surface area (Å²) in [6.45, 7) is 3.16. The maximum atomic E-state index is 10.6. The molecule has 0 aromatic carbocycles. The van der Waals surface area contributed by atoms with Crippen molar-refractivity contribution in [3.05, 3.63) is 0 Å². The van der Waals surface area contributed by atoms with E-state index in [1.165, 1.54) is 4.90 Å². The molecule has 9 heteroatoms. The van der Waals surface area contributed by atoms with Crippen LogP contribution in [0.1, 0.15) is 13.3 Å². The monoisotopic (exact) mass is 328 g/mol. The van der Waals surface area contributed by atoms with Crippen LogP contribution in [0.15, 0.2) is 0 Å². The molecule has 7 nitrogen and oxygen atoms in total. The number of carbonyl (C=O) groups excluding carboxylic acids is 2. The molecule has 2 amide bonds. The molecule has 2 atom stereocenters. The number of carbonyl (C=O) groups is 2. The van der Waals surface area contributed by atoms with Crippen molar-refractivity contribution < 1.29 is 24.2 Å². The van der Waals surface area contributed by atoms with Crippen molar-refractivity contribution in [2.24, 2.45) is 0 Å². The summed E-state index contributed by atoms with van der Waals surface area (Å²) in [5, 5.41) is 8.50. The Kier molecular flexibility index (Phi) is 10.8. The van der Waals surface area contributed by atoms with Gasteiger partial charge in [0.05, 0.1) is 19.7 Å². The van der Waals surface area contributed by atoms with E-state index in [0.717, 1.165) is 13.0 Å². The van der Waals surface area contributed by atoms with E-state index in [4.69, 9.17) is 9.84 Å². The van der Waals surface area contributed by atoms with E-state index in [9.17, 15) is 9.59 Å². The summed E-state index contributed by atoms with van der Waals surface area (Å²) in [5.41, 5.74) is 0. The summed E-state index contributed by atoms with van der Waals surface area (Å²) in [4.78, 5) is 24.2. The molecule has 0 unspecified atom stereocenters. The minimum Gasteiger partial charge on any atom is -0.444 e. The van der Waals surface area contributed by atoms with Crippen molar-refractivity contribution in [2.75, 3.05) is 33.8 Å². The highest BCUT2D eigenvalue weighted by Crippen LogP contribution is 2.10. The van der Waals surface area contributed by atoms with E-state index in [0.29, 0.717) is 6.54 Å². The molecule has 0 aromatic heterocycles. The zero-order valence-electron chi connectivity index (χ0n) is 12.0. The highest BCUT2D eigenvalue weighted by atomic mass is 32.1. The normalized spacial score (nSPS) is 24.0. The number of amides is 2. The molecule has 0 radical (unpaired) electrons. The van der Waals surface area contributed by atoms with Gasteiger partial charge in [0.25, 0.3) is 0 Å². The number of aliphatic hydroxyl groups is 1. The lowest BCUT2D eigenvalue weighted by atomic mass is 10.3. The van der Waals surface area contributed by atoms with Gasteiger partial charge >= 0.3 is 12.2 Å². The molecule has 2 aliphatic heterocycles. The lowest BCUT2D eigenvalue weighted by Gasteiger charge is -2.01. The molecule has 0 bridgehead atoms. The lowest BCUT2D eigenvalue weighted by molar-refractivity contribution is 0.0951. The Bertz CT molecular complexity index is 289.